The van der Waals surface area contributed by atoms with Gasteiger partial charge in [-0.05, 0) is 41.8 Å². The molecular weight excluding hydrogens is 360 g/mol. The number of primary amides is 1. The minimum absolute atomic E-state index is 0.244. The predicted molar refractivity (Wildman–Crippen MR) is 104 cm³/mol. The van der Waals surface area contributed by atoms with Gasteiger partial charge >= 0.3 is 5.97 Å². The quantitative estimate of drug-likeness (QED) is 0.666. The molecule has 0 radical (unpaired) electrons. The molecule has 0 atom stereocenters. The summed E-state index contributed by atoms with van der Waals surface area (Å²) in [7, 11) is 1.66. The smallest absolute Gasteiger partial charge is 0.338 e. The van der Waals surface area contributed by atoms with Gasteiger partial charge < -0.3 is 20.1 Å². The van der Waals surface area contributed by atoms with Crippen molar-refractivity contribution in [3.8, 4) is 5.75 Å². The van der Waals surface area contributed by atoms with E-state index in [0.717, 1.165) is 12.0 Å². The fraction of sp³-hybridized carbons (Fsp3) is 0.286. The van der Waals surface area contributed by atoms with Crippen molar-refractivity contribution in [3.05, 3.63) is 65.2 Å². The summed E-state index contributed by atoms with van der Waals surface area (Å²) in [4.78, 5) is 36.5. The van der Waals surface area contributed by atoms with E-state index in [-0.39, 0.29) is 24.7 Å². The fourth-order valence-corrected chi connectivity index (χ4v) is 2.40. The molecule has 0 aliphatic rings. The lowest BCUT2D eigenvalue weighted by atomic mass is 10.1. The van der Waals surface area contributed by atoms with E-state index in [1.807, 2.05) is 24.3 Å². The number of likely N-dealkylation sites (N-methyl/N-ethyl adjacent to an activating group) is 1. The molecule has 148 valence electrons. The van der Waals surface area contributed by atoms with Gasteiger partial charge in [-0.3, -0.25) is 9.59 Å². The number of benzene rings is 2. The summed E-state index contributed by atoms with van der Waals surface area (Å²) in [6, 6.07) is 14.0. The maximum absolute atomic E-state index is 12.2. The largest absolute Gasteiger partial charge is 0.484 e. The first kappa shape index (κ1) is 21.0. The maximum atomic E-state index is 12.2. The minimum Gasteiger partial charge on any atom is -0.484 e. The van der Waals surface area contributed by atoms with Crippen molar-refractivity contribution in [2.24, 2.45) is 5.73 Å². The highest BCUT2D eigenvalue weighted by molar-refractivity contribution is 5.91. The maximum Gasteiger partial charge on any atom is 0.338 e. The molecule has 0 heterocycles. The van der Waals surface area contributed by atoms with Gasteiger partial charge in [-0.15, -0.1) is 0 Å². The number of rotatable bonds is 9. The normalized spacial score (nSPS) is 10.2. The van der Waals surface area contributed by atoms with Crippen LogP contribution in [0, 0.1) is 0 Å². The van der Waals surface area contributed by atoms with Gasteiger partial charge in [0.05, 0.1) is 5.56 Å². The predicted octanol–water partition coefficient (Wildman–Crippen LogP) is 1.93. The molecule has 7 heteroatoms. The average molecular weight is 384 g/mol. The first-order valence-corrected chi connectivity index (χ1v) is 8.89. The van der Waals surface area contributed by atoms with Crippen molar-refractivity contribution >= 4 is 17.8 Å². The summed E-state index contributed by atoms with van der Waals surface area (Å²) in [5.41, 5.74) is 7.51. The second kappa shape index (κ2) is 10.1. The van der Waals surface area contributed by atoms with E-state index in [0.29, 0.717) is 12.3 Å². The summed E-state index contributed by atoms with van der Waals surface area (Å²) >= 11 is 0. The Balaban J connectivity index is 1.81. The van der Waals surface area contributed by atoms with Crippen LogP contribution in [0.4, 0.5) is 0 Å². The van der Waals surface area contributed by atoms with Gasteiger partial charge in [0.25, 0.3) is 11.8 Å². The van der Waals surface area contributed by atoms with Crippen LogP contribution in [-0.2, 0) is 27.3 Å². The topological polar surface area (TPSA) is 98.9 Å². The van der Waals surface area contributed by atoms with Crippen LogP contribution in [0.5, 0.6) is 5.75 Å². The molecule has 0 aliphatic heterocycles. The number of esters is 1. The molecule has 0 unspecified atom stereocenters. The van der Waals surface area contributed by atoms with Gasteiger partial charge in [-0.2, -0.15) is 0 Å². The molecular formula is C21H24N2O5. The van der Waals surface area contributed by atoms with E-state index < -0.39 is 11.9 Å². The highest BCUT2D eigenvalue weighted by atomic mass is 16.5. The molecule has 0 aromatic heterocycles. The molecule has 2 N–H and O–H groups in total. The summed E-state index contributed by atoms with van der Waals surface area (Å²) in [6.45, 7) is 1.93. The average Bonchev–Trinajstić information content (AvgIpc) is 2.71. The standard InChI is InChI=1S/C21H24N2O5/c1-3-15-4-6-16(7-5-15)12-23(2)20(25)14-28-21(26)17-8-10-18(11-9-17)27-13-19(22)24/h4-11H,3,12-14H2,1-2H3,(H2,22,24). The monoisotopic (exact) mass is 384 g/mol. The van der Waals surface area contributed by atoms with Crippen LogP contribution in [0.3, 0.4) is 0 Å². The Labute approximate surface area is 164 Å². The Kier molecular flexibility index (Phi) is 7.56. The number of ether oxygens (including phenoxy) is 2. The van der Waals surface area contributed by atoms with Crippen molar-refractivity contribution < 1.29 is 23.9 Å². The number of aryl methyl sites for hydroxylation is 1. The van der Waals surface area contributed by atoms with E-state index >= 15 is 0 Å². The van der Waals surface area contributed by atoms with E-state index in [1.165, 1.54) is 34.7 Å². The van der Waals surface area contributed by atoms with Gasteiger partial charge in [0.1, 0.15) is 5.75 Å². The zero-order chi connectivity index (χ0) is 20.5. The third kappa shape index (κ3) is 6.42. The van der Waals surface area contributed by atoms with Crippen molar-refractivity contribution in [1.29, 1.82) is 0 Å². The van der Waals surface area contributed by atoms with Gasteiger partial charge in [0.2, 0.25) is 0 Å². The SMILES string of the molecule is CCc1ccc(CN(C)C(=O)COC(=O)c2ccc(OCC(N)=O)cc2)cc1. The Bertz CT molecular complexity index is 816. The van der Waals surface area contributed by atoms with Crippen LogP contribution < -0.4 is 10.5 Å². The lowest BCUT2D eigenvalue weighted by Gasteiger charge is -2.17. The van der Waals surface area contributed by atoms with Crippen molar-refractivity contribution in [2.45, 2.75) is 19.9 Å². The zero-order valence-corrected chi connectivity index (χ0v) is 16.0. The molecule has 7 nitrogen and oxygen atoms in total. The number of carbonyl (C=O) groups is 3. The van der Waals surface area contributed by atoms with Crippen molar-refractivity contribution in [3.63, 3.8) is 0 Å². The molecule has 0 spiro atoms. The second-order valence-corrected chi connectivity index (χ2v) is 6.28. The van der Waals surface area contributed by atoms with Crippen LogP contribution in [0.25, 0.3) is 0 Å². The highest BCUT2D eigenvalue weighted by Gasteiger charge is 2.14. The molecule has 0 saturated heterocycles. The minimum atomic E-state index is -0.615. The van der Waals surface area contributed by atoms with E-state index in [9.17, 15) is 14.4 Å². The van der Waals surface area contributed by atoms with Crippen LogP contribution in [0.1, 0.15) is 28.4 Å². The molecule has 0 fully saturated rings. The third-order valence-electron chi connectivity index (χ3n) is 4.07. The molecule has 2 aromatic carbocycles. The number of hydrogen-bond acceptors (Lipinski definition) is 5. The second-order valence-electron chi connectivity index (χ2n) is 6.28. The van der Waals surface area contributed by atoms with E-state index in [4.69, 9.17) is 15.2 Å². The summed E-state index contributed by atoms with van der Waals surface area (Å²) in [5.74, 6) is -1.10. The fourth-order valence-electron chi connectivity index (χ4n) is 2.40. The van der Waals surface area contributed by atoms with Gasteiger partial charge in [-0.1, -0.05) is 31.2 Å². The number of carbonyl (C=O) groups excluding carboxylic acids is 3. The lowest BCUT2D eigenvalue weighted by molar-refractivity contribution is -0.133. The molecule has 0 saturated carbocycles. The molecule has 0 aliphatic carbocycles. The van der Waals surface area contributed by atoms with Crippen LogP contribution in [0.15, 0.2) is 48.5 Å². The summed E-state index contributed by atoms with van der Waals surface area (Å²) < 4.78 is 10.2. The molecule has 2 rings (SSSR count). The van der Waals surface area contributed by atoms with Crippen LogP contribution >= 0.6 is 0 Å². The third-order valence-corrected chi connectivity index (χ3v) is 4.07. The summed E-state index contributed by atoms with van der Waals surface area (Å²) in [6.07, 6.45) is 0.962. The molecule has 0 bridgehead atoms. The van der Waals surface area contributed by atoms with Gasteiger partial charge in [0, 0.05) is 13.6 Å². The number of nitrogens with zero attached hydrogens (tertiary/aromatic N) is 1. The lowest BCUT2D eigenvalue weighted by Crippen LogP contribution is -2.30. The van der Waals surface area contributed by atoms with E-state index in [1.54, 1.807) is 7.05 Å². The first-order valence-electron chi connectivity index (χ1n) is 8.89. The Morgan fingerprint density at radius 3 is 2.11 bits per heavy atom. The molecule has 28 heavy (non-hydrogen) atoms. The van der Waals surface area contributed by atoms with Crippen LogP contribution in [-0.4, -0.2) is 42.9 Å². The van der Waals surface area contributed by atoms with Crippen LogP contribution in [0.2, 0.25) is 0 Å². The van der Waals surface area contributed by atoms with Gasteiger partial charge in [0.15, 0.2) is 13.2 Å². The zero-order valence-electron chi connectivity index (χ0n) is 16.0. The summed E-state index contributed by atoms with van der Waals surface area (Å²) in [5, 5.41) is 0. The first-order chi connectivity index (χ1) is 13.4. The molecule has 2 amide bonds. The number of amides is 2. The van der Waals surface area contributed by atoms with Gasteiger partial charge in [-0.25, -0.2) is 4.79 Å². The number of nitrogens with two attached hydrogens (primary N) is 1. The Morgan fingerprint density at radius 2 is 1.54 bits per heavy atom. The number of hydrogen-bond donors (Lipinski definition) is 1. The van der Waals surface area contributed by atoms with Crippen molar-refractivity contribution in [2.75, 3.05) is 20.3 Å². The highest BCUT2D eigenvalue weighted by Crippen LogP contribution is 2.13. The molecule has 2 aromatic rings. The van der Waals surface area contributed by atoms with E-state index in [2.05, 4.69) is 6.92 Å². The Morgan fingerprint density at radius 1 is 0.929 bits per heavy atom. The van der Waals surface area contributed by atoms with Crippen molar-refractivity contribution in [1.82, 2.24) is 4.90 Å². The Hall–Kier alpha value is -3.35.